The van der Waals surface area contributed by atoms with Crippen LogP contribution in [0.4, 0.5) is 5.82 Å². The fourth-order valence-electron chi connectivity index (χ4n) is 1.02. The summed E-state index contributed by atoms with van der Waals surface area (Å²) >= 11 is 0. The van der Waals surface area contributed by atoms with Crippen LogP contribution in [-0.2, 0) is 0 Å². The first-order valence-electron chi connectivity index (χ1n) is 3.43. The van der Waals surface area contributed by atoms with E-state index >= 15 is 0 Å². The van der Waals surface area contributed by atoms with Crippen molar-refractivity contribution in [1.82, 2.24) is 15.0 Å². The number of rotatable bonds is 1. The number of aromatic nitrogens is 3. The number of nitrogens with one attached hydrogen (secondary N) is 1. The maximum Gasteiger partial charge on any atom is 0.150 e. The van der Waals surface area contributed by atoms with E-state index in [0.29, 0.717) is 5.82 Å². The number of pyridine rings is 1. The molecule has 0 aliphatic rings. The number of hydrogen-bond acceptors (Lipinski definition) is 5. The van der Waals surface area contributed by atoms with Gasteiger partial charge in [-0.05, 0) is 6.07 Å². The van der Waals surface area contributed by atoms with Crippen molar-refractivity contribution in [3.8, 4) is 0 Å². The summed E-state index contributed by atoms with van der Waals surface area (Å²) in [5, 5.41) is 0.822. The van der Waals surface area contributed by atoms with Gasteiger partial charge >= 0.3 is 0 Å². The molecule has 2 aromatic rings. The lowest BCUT2D eigenvalue weighted by molar-refractivity contribution is 1.19. The molecule has 5 nitrogen and oxygen atoms in total. The molecule has 0 saturated carbocycles. The highest BCUT2D eigenvalue weighted by Crippen LogP contribution is 2.15. The van der Waals surface area contributed by atoms with E-state index in [-0.39, 0.29) is 0 Å². The third-order valence-corrected chi connectivity index (χ3v) is 1.57. The predicted octanol–water partition coefficient (Wildman–Crippen LogP) is 0.310. The molecule has 2 aromatic heterocycles. The Hall–Kier alpha value is -1.75. The van der Waals surface area contributed by atoms with Crippen molar-refractivity contribution >= 4 is 16.7 Å². The van der Waals surface area contributed by atoms with E-state index in [9.17, 15) is 0 Å². The molecule has 0 atom stereocenters. The van der Waals surface area contributed by atoms with Crippen LogP contribution in [0.25, 0.3) is 10.9 Å². The molecule has 0 saturated heterocycles. The Balaban J connectivity index is 2.79. The Morgan fingerprint density at radius 3 is 3.08 bits per heavy atom. The van der Waals surface area contributed by atoms with E-state index in [4.69, 9.17) is 5.84 Å². The minimum atomic E-state index is 0.591. The fourth-order valence-corrected chi connectivity index (χ4v) is 1.02. The molecule has 0 unspecified atom stereocenters. The van der Waals surface area contributed by atoms with Crippen LogP contribution in [0.15, 0.2) is 24.8 Å². The van der Waals surface area contributed by atoms with Gasteiger partial charge in [0.1, 0.15) is 6.33 Å². The molecule has 60 valence electrons. The summed E-state index contributed by atoms with van der Waals surface area (Å²) in [5.74, 6) is 5.84. The van der Waals surface area contributed by atoms with Crippen LogP contribution in [0.3, 0.4) is 0 Å². The van der Waals surface area contributed by atoms with Crippen LogP contribution >= 0.6 is 0 Å². The molecule has 0 bridgehead atoms. The van der Waals surface area contributed by atoms with Gasteiger partial charge in [-0.1, -0.05) is 0 Å². The minimum Gasteiger partial charge on any atom is -0.308 e. The molecule has 2 rings (SSSR count). The van der Waals surface area contributed by atoms with Gasteiger partial charge in [0.25, 0.3) is 0 Å². The number of fused-ring (bicyclic) bond motifs is 1. The maximum absolute atomic E-state index is 5.25. The molecule has 3 N–H and O–H groups in total. The summed E-state index contributed by atoms with van der Waals surface area (Å²) in [6, 6.07) is 1.80. The van der Waals surface area contributed by atoms with E-state index < -0.39 is 0 Å². The van der Waals surface area contributed by atoms with Crippen molar-refractivity contribution in [2.75, 3.05) is 5.43 Å². The molecular formula is C7H7N5. The van der Waals surface area contributed by atoms with Gasteiger partial charge in [-0.2, -0.15) is 0 Å². The lowest BCUT2D eigenvalue weighted by Crippen LogP contribution is -2.08. The summed E-state index contributed by atoms with van der Waals surface area (Å²) in [7, 11) is 0. The summed E-state index contributed by atoms with van der Waals surface area (Å²) in [5.41, 5.74) is 3.31. The van der Waals surface area contributed by atoms with Crippen molar-refractivity contribution in [3.05, 3.63) is 24.8 Å². The number of nitrogens with two attached hydrogens (primary N) is 1. The van der Waals surface area contributed by atoms with Crippen molar-refractivity contribution in [3.63, 3.8) is 0 Å². The molecule has 0 spiro atoms. The highest BCUT2D eigenvalue weighted by Gasteiger charge is 1.99. The molecular weight excluding hydrogens is 154 g/mol. The molecule has 2 heterocycles. The van der Waals surface area contributed by atoms with Gasteiger partial charge in [-0.25, -0.2) is 20.8 Å². The average Bonchev–Trinajstić information content (AvgIpc) is 2.17. The lowest BCUT2D eigenvalue weighted by Gasteiger charge is -2.01. The van der Waals surface area contributed by atoms with Gasteiger partial charge in [0.2, 0.25) is 0 Å². The van der Waals surface area contributed by atoms with Crippen LogP contribution in [-0.4, -0.2) is 15.0 Å². The van der Waals surface area contributed by atoms with Crippen LogP contribution in [0.5, 0.6) is 0 Å². The largest absolute Gasteiger partial charge is 0.308 e. The molecule has 12 heavy (non-hydrogen) atoms. The first-order valence-corrected chi connectivity index (χ1v) is 3.43. The third kappa shape index (κ3) is 0.960. The molecule has 0 amide bonds. The second-order valence-corrected chi connectivity index (χ2v) is 2.26. The number of hydrazine groups is 1. The lowest BCUT2D eigenvalue weighted by atomic mass is 10.3. The molecule has 0 radical (unpaired) electrons. The quantitative estimate of drug-likeness (QED) is 0.465. The normalized spacial score (nSPS) is 10.1. The monoisotopic (exact) mass is 161 g/mol. The SMILES string of the molecule is NNc1nccc2ncncc12. The Bertz CT molecular complexity index is 394. The molecule has 0 fully saturated rings. The molecule has 5 heteroatoms. The van der Waals surface area contributed by atoms with E-state index in [0.717, 1.165) is 10.9 Å². The minimum absolute atomic E-state index is 0.591. The third-order valence-electron chi connectivity index (χ3n) is 1.57. The van der Waals surface area contributed by atoms with Gasteiger partial charge in [0.05, 0.1) is 10.9 Å². The van der Waals surface area contributed by atoms with Crippen LogP contribution in [0, 0.1) is 0 Å². The highest BCUT2D eigenvalue weighted by molar-refractivity contribution is 5.87. The number of nitrogens with zero attached hydrogens (tertiary/aromatic N) is 3. The van der Waals surface area contributed by atoms with Crippen molar-refractivity contribution in [2.24, 2.45) is 5.84 Å². The van der Waals surface area contributed by atoms with Crippen LogP contribution < -0.4 is 11.3 Å². The second-order valence-electron chi connectivity index (χ2n) is 2.26. The number of nitrogen functional groups attached to an aromatic ring is 1. The first-order chi connectivity index (χ1) is 5.92. The topological polar surface area (TPSA) is 76.7 Å². The van der Waals surface area contributed by atoms with Gasteiger partial charge in [0.15, 0.2) is 5.82 Å². The summed E-state index contributed by atoms with van der Waals surface area (Å²) < 4.78 is 0. The van der Waals surface area contributed by atoms with E-state index in [1.54, 1.807) is 18.5 Å². The van der Waals surface area contributed by atoms with Crippen molar-refractivity contribution < 1.29 is 0 Å². The number of anilines is 1. The molecule has 0 aromatic carbocycles. The summed E-state index contributed by atoms with van der Waals surface area (Å²) in [6.45, 7) is 0. The Kier molecular flexibility index (Phi) is 1.56. The maximum atomic E-state index is 5.25. The number of hydrogen-bond donors (Lipinski definition) is 2. The van der Waals surface area contributed by atoms with Crippen LogP contribution in [0.2, 0.25) is 0 Å². The Morgan fingerprint density at radius 2 is 2.25 bits per heavy atom. The zero-order valence-electron chi connectivity index (χ0n) is 6.23. The smallest absolute Gasteiger partial charge is 0.150 e. The van der Waals surface area contributed by atoms with Crippen molar-refractivity contribution in [1.29, 1.82) is 0 Å². The highest BCUT2D eigenvalue weighted by atomic mass is 15.2. The summed E-state index contributed by atoms with van der Waals surface area (Å²) in [4.78, 5) is 11.9. The Morgan fingerprint density at radius 1 is 1.33 bits per heavy atom. The fraction of sp³-hybridized carbons (Fsp3) is 0. The summed E-state index contributed by atoms with van der Waals surface area (Å²) in [6.07, 6.45) is 4.80. The van der Waals surface area contributed by atoms with E-state index in [2.05, 4.69) is 20.4 Å². The van der Waals surface area contributed by atoms with Gasteiger partial charge in [-0.3, -0.25) is 0 Å². The van der Waals surface area contributed by atoms with Gasteiger partial charge in [-0.15, -0.1) is 0 Å². The van der Waals surface area contributed by atoms with Crippen LogP contribution in [0.1, 0.15) is 0 Å². The van der Waals surface area contributed by atoms with Crippen molar-refractivity contribution in [2.45, 2.75) is 0 Å². The zero-order valence-corrected chi connectivity index (χ0v) is 6.23. The average molecular weight is 161 g/mol. The van der Waals surface area contributed by atoms with E-state index in [1.165, 1.54) is 6.33 Å². The van der Waals surface area contributed by atoms with Gasteiger partial charge < -0.3 is 5.43 Å². The predicted molar refractivity (Wildman–Crippen MR) is 45.1 cm³/mol. The molecule has 0 aliphatic carbocycles. The van der Waals surface area contributed by atoms with Gasteiger partial charge in [0, 0.05) is 12.4 Å². The zero-order chi connectivity index (χ0) is 8.39. The van der Waals surface area contributed by atoms with E-state index in [1.807, 2.05) is 0 Å². The molecule has 0 aliphatic heterocycles. The second kappa shape index (κ2) is 2.71. The standard InChI is InChI=1S/C7H7N5/c8-12-7-5-3-9-4-11-6(5)1-2-10-7/h1-4H,8H2,(H,10,12). The Labute approximate surface area is 68.6 Å². The first kappa shape index (κ1) is 6.93.